The highest BCUT2D eigenvalue weighted by Gasteiger charge is 2.35. The van der Waals surface area contributed by atoms with Crippen molar-refractivity contribution in [3.63, 3.8) is 0 Å². The van der Waals surface area contributed by atoms with E-state index in [1.165, 1.54) is 0 Å². The number of ketones is 1. The van der Waals surface area contributed by atoms with E-state index < -0.39 is 29.9 Å². The third kappa shape index (κ3) is 5.52. The average Bonchev–Trinajstić information content (AvgIpc) is 3.33. The average molecular weight is 547 g/mol. The summed E-state index contributed by atoms with van der Waals surface area (Å²) in [6.45, 7) is 6.87. The number of rotatable bonds is 8. The number of benzene rings is 2. The molecule has 0 radical (unpaired) electrons. The van der Waals surface area contributed by atoms with Crippen LogP contribution >= 0.6 is 0 Å². The van der Waals surface area contributed by atoms with E-state index in [0.29, 0.717) is 22.5 Å². The number of esters is 2. The van der Waals surface area contributed by atoms with Gasteiger partial charge in [-0.3, -0.25) is 9.78 Å². The third-order valence-electron chi connectivity index (χ3n) is 6.45. The van der Waals surface area contributed by atoms with E-state index in [1.54, 1.807) is 80.8 Å². The zero-order valence-corrected chi connectivity index (χ0v) is 23.3. The normalized spacial score (nSPS) is 11.2. The molecule has 7 heteroatoms. The zero-order chi connectivity index (χ0) is 29.1. The molecule has 5 rings (SSSR count). The van der Waals surface area contributed by atoms with Crippen LogP contribution in [-0.2, 0) is 9.47 Å². The lowest BCUT2D eigenvalue weighted by atomic mass is 9.99. The number of carbonyl (C=O) groups is 3. The first kappa shape index (κ1) is 27.5. The predicted octanol–water partition coefficient (Wildman–Crippen LogP) is 7.03. The van der Waals surface area contributed by atoms with Gasteiger partial charge in [-0.15, -0.1) is 0 Å². The lowest BCUT2D eigenvalue weighted by Crippen LogP contribution is -2.20. The Morgan fingerprint density at radius 1 is 0.659 bits per heavy atom. The summed E-state index contributed by atoms with van der Waals surface area (Å²) in [4.78, 5) is 46.0. The molecule has 0 atom stereocenters. The quantitative estimate of drug-likeness (QED) is 0.153. The van der Waals surface area contributed by atoms with Crippen LogP contribution < -0.4 is 0 Å². The number of hydrogen-bond acceptors (Lipinski definition) is 6. The Labute approximate surface area is 238 Å². The van der Waals surface area contributed by atoms with Gasteiger partial charge in [-0.2, -0.15) is 0 Å². The molecule has 0 amide bonds. The molecule has 0 aliphatic heterocycles. The fourth-order valence-corrected chi connectivity index (χ4v) is 4.77. The summed E-state index contributed by atoms with van der Waals surface area (Å²) in [5.74, 6) is -1.94. The van der Waals surface area contributed by atoms with Crippen LogP contribution in [0.1, 0.15) is 64.5 Å². The molecule has 7 nitrogen and oxygen atoms in total. The Hall–Kier alpha value is -5.04. The Morgan fingerprint density at radius 3 is 1.88 bits per heavy atom. The first-order valence-corrected chi connectivity index (χ1v) is 13.5. The predicted molar refractivity (Wildman–Crippen MR) is 157 cm³/mol. The molecule has 0 spiro atoms. The third-order valence-corrected chi connectivity index (χ3v) is 6.45. The highest BCUT2D eigenvalue weighted by Crippen LogP contribution is 2.33. The van der Waals surface area contributed by atoms with Gasteiger partial charge in [0.05, 0.1) is 29.1 Å². The van der Waals surface area contributed by atoms with Gasteiger partial charge in [0, 0.05) is 11.8 Å². The molecule has 5 aromatic rings. The van der Waals surface area contributed by atoms with Crippen molar-refractivity contribution in [2.24, 2.45) is 0 Å². The number of ether oxygens (including phenoxy) is 2. The zero-order valence-electron chi connectivity index (χ0n) is 23.3. The van der Waals surface area contributed by atoms with E-state index in [2.05, 4.69) is 4.98 Å². The minimum Gasteiger partial charge on any atom is -0.459 e. The maximum absolute atomic E-state index is 14.4. The number of fused-ring (bicyclic) bond motifs is 1. The van der Waals surface area contributed by atoms with Gasteiger partial charge < -0.3 is 13.9 Å². The van der Waals surface area contributed by atoms with Crippen LogP contribution in [0.2, 0.25) is 0 Å². The van der Waals surface area contributed by atoms with Gasteiger partial charge in [-0.1, -0.05) is 66.7 Å². The molecule has 3 aromatic heterocycles. The van der Waals surface area contributed by atoms with E-state index in [0.717, 1.165) is 11.1 Å². The first-order valence-electron chi connectivity index (χ1n) is 13.5. The number of pyridine rings is 2. The van der Waals surface area contributed by atoms with Crippen molar-refractivity contribution in [2.75, 3.05) is 0 Å². The van der Waals surface area contributed by atoms with E-state index in [1.807, 2.05) is 48.5 Å². The lowest BCUT2D eigenvalue weighted by Gasteiger charge is -2.12. The minimum atomic E-state index is -0.782. The van der Waals surface area contributed by atoms with Crippen LogP contribution in [0.15, 0.2) is 97.2 Å². The van der Waals surface area contributed by atoms with Crippen molar-refractivity contribution in [3.8, 4) is 22.5 Å². The molecule has 0 saturated carbocycles. The molecule has 0 aliphatic carbocycles. The molecule has 0 aliphatic rings. The molecule has 0 bridgehead atoms. The van der Waals surface area contributed by atoms with Crippen LogP contribution in [0.25, 0.3) is 28.0 Å². The minimum absolute atomic E-state index is 0.00932. The monoisotopic (exact) mass is 546 g/mol. The van der Waals surface area contributed by atoms with Crippen LogP contribution in [0, 0.1) is 0 Å². The van der Waals surface area contributed by atoms with Crippen molar-refractivity contribution in [1.82, 2.24) is 9.38 Å². The molecule has 41 heavy (non-hydrogen) atoms. The molecular weight excluding hydrogens is 516 g/mol. The van der Waals surface area contributed by atoms with Crippen LogP contribution in [0.3, 0.4) is 0 Å². The summed E-state index contributed by atoms with van der Waals surface area (Å²) in [5.41, 5.74) is 3.60. The van der Waals surface area contributed by atoms with Gasteiger partial charge in [0.1, 0.15) is 16.8 Å². The summed E-state index contributed by atoms with van der Waals surface area (Å²) >= 11 is 0. The molecule has 3 heterocycles. The number of aromatic nitrogens is 2. The van der Waals surface area contributed by atoms with E-state index >= 15 is 0 Å². The maximum Gasteiger partial charge on any atom is 0.341 e. The van der Waals surface area contributed by atoms with Gasteiger partial charge in [0.2, 0.25) is 5.78 Å². The van der Waals surface area contributed by atoms with Crippen molar-refractivity contribution < 1.29 is 23.9 Å². The van der Waals surface area contributed by atoms with Gasteiger partial charge >= 0.3 is 11.9 Å². The summed E-state index contributed by atoms with van der Waals surface area (Å²) in [7, 11) is 0. The lowest BCUT2D eigenvalue weighted by molar-refractivity contribution is 0.0330. The smallest absolute Gasteiger partial charge is 0.341 e. The number of hydrogen-bond donors (Lipinski definition) is 0. The summed E-state index contributed by atoms with van der Waals surface area (Å²) in [6, 6.07) is 27.6. The van der Waals surface area contributed by atoms with Gasteiger partial charge in [0.15, 0.2) is 0 Å². The summed E-state index contributed by atoms with van der Waals surface area (Å²) in [6.07, 6.45) is 0.710. The van der Waals surface area contributed by atoms with Crippen molar-refractivity contribution >= 4 is 23.2 Å². The Kier molecular flexibility index (Phi) is 7.79. The fourth-order valence-electron chi connectivity index (χ4n) is 4.77. The Balaban J connectivity index is 1.79. The molecule has 0 saturated heterocycles. The van der Waals surface area contributed by atoms with Gasteiger partial charge in [0.25, 0.3) is 0 Å². The van der Waals surface area contributed by atoms with Crippen LogP contribution in [0.5, 0.6) is 0 Å². The highest BCUT2D eigenvalue weighted by atomic mass is 16.5. The van der Waals surface area contributed by atoms with E-state index in [4.69, 9.17) is 9.47 Å². The first-order chi connectivity index (χ1) is 19.8. The molecular formula is C34H30N2O5. The fraction of sp³-hybridized carbons (Fsp3) is 0.176. The van der Waals surface area contributed by atoms with Crippen molar-refractivity contribution in [3.05, 3.63) is 120 Å². The van der Waals surface area contributed by atoms with E-state index in [9.17, 15) is 14.4 Å². The number of carbonyl (C=O) groups excluding carboxylic acids is 3. The maximum atomic E-state index is 14.4. The number of nitrogens with zero attached hydrogens (tertiary/aromatic N) is 2. The van der Waals surface area contributed by atoms with Crippen molar-refractivity contribution in [1.29, 1.82) is 0 Å². The summed E-state index contributed by atoms with van der Waals surface area (Å²) in [5, 5.41) is 0. The summed E-state index contributed by atoms with van der Waals surface area (Å²) < 4.78 is 12.8. The van der Waals surface area contributed by atoms with Crippen molar-refractivity contribution in [2.45, 2.75) is 39.9 Å². The van der Waals surface area contributed by atoms with Gasteiger partial charge in [-0.25, -0.2) is 9.59 Å². The Morgan fingerprint density at radius 2 is 1.27 bits per heavy atom. The molecule has 0 unspecified atom stereocenters. The van der Waals surface area contributed by atoms with Crippen LogP contribution in [-0.4, -0.2) is 39.3 Å². The molecule has 0 N–H and O–H groups in total. The van der Waals surface area contributed by atoms with E-state index in [-0.39, 0.29) is 16.8 Å². The van der Waals surface area contributed by atoms with Gasteiger partial charge in [-0.05, 0) is 63.1 Å². The second kappa shape index (κ2) is 11.6. The topological polar surface area (TPSA) is 87.0 Å². The second-order valence-corrected chi connectivity index (χ2v) is 10.1. The van der Waals surface area contributed by atoms with Crippen LogP contribution in [0.4, 0.5) is 0 Å². The SMILES string of the molecule is CC(C)OC(=O)c1c(C(=O)OC(C)C)c2cccc(-c3ccccn3)n2c1C(=O)c1ccc(-c2ccccc2)cc1. The second-order valence-electron chi connectivity index (χ2n) is 10.1. The Bertz CT molecular complexity index is 1720. The highest BCUT2D eigenvalue weighted by molar-refractivity contribution is 6.20. The largest absolute Gasteiger partial charge is 0.459 e. The standard InChI is InChI=1S/C34H30N2O5/c1-21(2)40-33(38)29-28-15-10-14-27(26-13-8-9-20-35-26)36(28)31(30(29)34(39)41-22(3)4)32(37)25-18-16-24(17-19-25)23-11-6-5-7-12-23/h5-22H,1-4H3. The molecule has 2 aromatic carbocycles. The molecule has 0 fully saturated rings. The molecule has 206 valence electrons.